The molecule has 1 N–H and O–H groups in total. The van der Waals surface area contributed by atoms with Crippen LogP contribution in [0.1, 0.15) is 6.42 Å². The van der Waals surface area contributed by atoms with Gasteiger partial charge in [0, 0.05) is 18.7 Å². The van der Waals surface area contributed by atoms with Crippen molar-refractivity contribution in [3.8, 4) is 11.1 Å². The summed E-state index contributed by atoms with van der Waals surface area (Å²) in [5.74, 6) is -0.174. The van der Waals surface area contributed by atoms with Crippen molar-refractivity contribution in [1.29, 1.82) is 0 Å². The lowest BCUT2D eigenvalue weighted by Gasteiger charge is -2.18. The molecule has 0 bridgehead atoms. The molecular weight excluding hydrogens is 227 g/mol. The summed E-state index contributed by atoms with van der Waals surface area (Å²) >= 11 is 0. The third kappa shape index (κ3) is 2.09. The highest BCUT2D eigenvalue weighted by Crippen LogP contribution is 2.26. The summed E-state index contributed by atoms with van der Waals surface area (Å²) in [7, 11) is 0. The van der Waals surface area contributed by atoms with Crippen molar-refractivity contribution in [2.24, 2.45) is 0 Å². The van der Waals surface area contributed by atoms with Crippen molar-refractivity contribution in [2.75, 3.05) is 18.1 Å². The molecule has 1 heterocycles. The van der Waals surface area contributed by atoms with E-state index in [1.54, 1.807) is 6.07 Å². The van der Waals surface area contributed by atoms with Gasteiger partial charge in [-0.2, -0.15) is 0 Å². The van der Waals surface area contributed by atoms with Gasteiger partial charge in [0.15, 0.2) is 0 Å². The fraction of sp³-hybridized carbons (Fsp3) is 0.200. The standard InChI is InChI=1S/C15H15FN2/c16-15-11-13(18-10-4-9-17-18)7-8-14(15)12-5-2-1-3-6-12/h1-3,5-8,11,17H,4,9-10H2. The summed E-state index contributed by atoms with van der Waals surface area (Å²) < 4.78 is 14.1. The summed E-state index contributed by atoms with van der Waals surface area (Å²) in [6.45, 7) is 1.90. The topological polar surface area (TPSA) is 15.3 Å². The SMILES string of the molecule is Fc1cc(N2CCCN2)ccc1-c1ccccc1. The van der Waals surface area contributed by atoms with Crippen LogP contribution in [0.2, 0.25) is 0 Å². The highest BCUT2D eigenvalue weighted by Gasteiger charge is 2.13. The summed E-state index contributed by atoms with van der Waals surface area (Å²) in [6.07, 6.45) is 1.10. The van der Waals surface area contributed by atoms with Crippen LogP contribution in [0.4, 0.5) is 10.1 Å². The van der Waals surface area contributed by atoms with Crippen LogP contribution in [-0.4, -0.2) is 13.1 Å². The summed E-state index contributed by atoms with van der Waals surface area (Å²) in [5.41, 5.74) is 5.68. The second-order valence-electron chi connectivity index (χ2n) is 4.44. The van der Waals surface area contributed by atoms with E-state index in [1.807, 2.05) is 47.5 Å². The number of hydrogen-bond acceptors (Lipinski definition) is 2. The average Bonchev–Trinajstić information content (AvgIpc) is 2.93. The van der Waals surface area contributed by atoms with Gasteiger partial charge in [-0.05, 0) is 30.2 Å². The van der Waals surface area contributed by atoms with Gasteiger partial charge in [0.2, 0.25) is 0 Å². The van der Waals surface area contributed by atoms with Crippen LogP contribution in [0.5, 0.6) is 0 Å². The van der Waals surface area contributed by atoms with E-state index in [-0.39, 0.29) is 5.82 Å². The maximum absolute atomic E-state index is 14.1. The van der Waals surface area contributed by atoms with Gasteiger partial charge < -0.3 is 5.01 Å². The zero-order valence-electron chi connectivity index (χ0n) is 10.1. The first-order valence-electron chi connectivity index (χ1n) is 6.20. The lowest BCUT2D eigenvalue weighted by Crippen LogP contribution is -2.30. The first-order valence-corrected chi connectivity index (χ1v) is 6.20. The number of anilines is 1. The van der Waals surface area contributed by atoms with Crippen molar-refractivity contribution in [3.63, 3.8) is 0 Å². The molecule has 0 aliphatic carbocycles. The average molecular weight is 242 g/mol. The minimum Gasteiger partial charge on any atom is -0.308 e. The maximum Gasteiger partial charge on any atom is 0.133 e. The quantitative estimate of drug-likeness (QED) is 0.870. The van der Waals surface area contributed by atoms with Gasteiger partial charge in [-0.25, -0.2) is 9.82 Å². The van der Waals surface area contributed by atoms with E-state index in [9.17, 15) is 4.39 Å². The first-order chi connectivity index (χ1) is 8.84. The van der Waals surface area contributed by atoms with Gasteiger partial charge in [-0.1, -0.05) is 30.3 Å². The van der Waals surface area contributed by atoms with Crippen molar-refractivity contribution < 1.29 is 4.39 Å². The van der Waals surface area contributed by atoms with Crippen molar-refractivity contribution in [2.45, 2.75) is 6.42 Å². The highest BCUT2D eigenvalue weighted by molar-refractivity contribution is 5.67. The van der Waals surface area contributed by atoms with E-state index in [1.165, 1.54) is 0 Å². The highest BCUT2D eigenvalue weighted by atomic mass is 19.1. The smallest absolute Gasteiger partial charge is 0.133 e. The normalized spacial score (nSPS) is 15.1. The Bertz CT molecular complexity index is 533. The molecule has 3 heteroatoms. The molecule has 0 spiro atoms. The predicted octanol–water partition coefficient (Wildman–Crippen LogP) is 3.21. The molecule has 1 fully saturated rings. The third-order valence-corrected chi connectivity index (χ3v) is 3.21. The Kier molecular flexibility index (Phi) is 2.99. The molecule has 0 amide bonds. The Morgan fingerprint density at radius 1 is 1.06 bits per heavy atom. The zero-order valence-corrected chi connectivity index (χ0v) is 10.1. The summed E-state index contributed by atoms with van der Waals surface area (Å²) in [5, 5.41) is 2.00. The molecule has 2 aromatic carbocycles. The zero-order chi connectivity index (χ0) is 12.4. The van der Waals surface area contributed by atoms with E-state index in [0.29, 0.717) is 5.56 Å². The van der Waals surface area contributed by atoms with E-state index in [2.05, 4.69) is 5.43 Å². The first kappa shape index (κ1) is 11.2. The number of hydrogen-bond donors (Lipinski definition) is 1. The van der Waals surface area contributed by atoms with Crippen LogP contribution >= 0.6 is 0 Å². The summed E-state index contributed by atoms with van der Waals surface area (Å²) in [6, 6.07) is 15.0. The molecule has 3 rings (SSSR count). The Hall–Kier alpha value is -1.87. The van der Waals surface area contributed by atoms with Crippen LogP contribution in [0.15, 0.2) is 48.5 Å². The number of nitrogens with one attached hydrogen (secondary N) is 1. The molecule has 2 aromatic rings. The third-order valence-electron chi connectivity index (χ3n) is 3.21. The minimum absolute atomic E-state index is 0.174. The molecule has 1 saturated heterocycles. The molecular formula is C15H15FN2. The largest absolute Gasteiger partial charge is 0.308 e. The van der Waals surface area contributed by atoms with Crippen LogP contribution < -0.4 is 10.4 Å². The molecule has 0 saturated carbocycles. The molecule has 18 heavy (non-hydrogen) atoms. The molecule has 2 nitrogen and oxygen atoms in total. The Morgan fingerprint density at radius 3 is 2.56 bits per heavy atom. The van der Waals surface area contributed by atoms with Crippen LogP contribution in [-0.2, 0) is 0 Å². The van der Waals surface area contributed by atoms with Gasteiger partial charge in [0.1, 0.15) is 5.82 Å². The number of hydrazine groups is 1. The molecule has 0 radical (unpaired) electrons. The van der Waals surface area contributed by atoms with Crippen molar-refractivity contribution in [3.05, 3.63) is 54.3 Å². The minimum atomic E-state index is -0.174. The Balaban J connectivity index is 1.94. The van der Waals surface area contributed by atoms with Crippen LogP contribution in [0.25, 0.3) is 11.1 Å². The fourth-order valence-electron chi connectivity index (χ4n) is 2.27. The Labute approximate surface area is 106 Å². The number of benzene rings is 2. The van der Waals surface area contributed by atoms with Gasteiger partial charge in [-0.15, -0.1) is 0 Å². The molecule has 0 aromatic heterocycles. The molecule has 1 aliphatic rings. The van der Waals surface area contributed by atoms with Gasteiger partial charge in [0.05, 0.1) is 5.69 Å². The molecule has 0 unspecified atom stereocenters. The number of nitrogens with zero attached hydrogens (tertiary/aromatic N) is 1. The van der Waals surface area contributed by atoms with E-state index >= 15 is 0 Å². The maximum atomic E-state index is 14.1. The van der Waals surface area contributed by atoms with Gasteiger partial charge in [0.25, 0.3) is 0 Å². The number of halogens is 1. The Morgan fingerprint density at radius 2 is 1.89 bits per heavy atom. The molecule has 0 atom stereocenters. The van der Waals surface area contributed by atoms with Crippen LogP contribution in [0.3, 0.4) is 0 Å². The monoisotopic (exact) mass is 242 g/mol. The van der Waals surface area contributed by atoms with E-state index in [4.69, 9.17) is 0 Å². The van der Waals surface area contributed by atoms with Gasteiger partial charge in [-0.3, -0.25) is 0 Å². The number of rotatable bonds is 2. The van der Waals surface area contributed by atoms with Crippen molar-refractivity contribution >= 4 is 5.69 Å². The molecule has 92 valence electrons. The van der Waals surface area contributed by atoms with E-state index < -0.39 is 0 Å². The van der Waals surface area contributed by atoms with Crippen LogP contribution in [0, 0.1) is 5.82 Å². The van der Waals surface area contributed by atoms with Crippen molar-refractivity contribution in [1.82, 2.24) is 5.43 Å². The summed E-state index contributed by atoms with van der Waals surface area (Å²) in [4.78, 5) is 0. The second kappa shape index (κ2) is 4.78. The molecule has 1 aliphatic heterocycles. The lowest BCUT2D eigenvalue weighted by atomic mass is 10.0. The predicted molar refractivity (Wildman–Crippen MR) is 71.8 cm³/mol. The van der Waals surface area contributed by atoms with E-state index in [0.717, 1.165) is 30.8 Å². The second-order valence-corrected chi connectivity index (χ2v) is 4.44. The fourth-order valence-corrected chi connectivity index (χ4v) is 2.27. The van der Waals surface area contributed by atoms with Gasteiger partial charge >= 0.3 is 0 Å². The lowest BCUT2D eigenvalue weighted by molar-refractivity contribution is 0.629.